The first-order chi connectivity index (χ1) is 8.23. The molecule has 1 aromatic carbocycles. The molecule has 0 aliphatic heterocycles. The minimum Gasteiger partial charge on any atom is -0.395 e. The molecule has 2 N–H and O–H groups in total. The van der Waals surface area contributed by atoms with Crippen molar-refractivity contribution in [1.29, 1.82) is 0 Å². The monoisotopic (exact) mass is 292 g/mol. The fraction of sp³-hybridized carbons (Fsp3) is 0.308. The maximum Gasteiger partial charge on any atom is 0.115 e. The first-order valence-electron chi connectivity index (χ1n) is 5.66. The highest BCUT2D eigenvalue weighted by Gasteiger charge is 2.46. The van der Waals surface area contributed by atoms with Crippen molar-refractivity contribution in [3.63, 3.8) is 0 Å². The van der Waals surface area contributed by atoms with Gasteiger partial charge in [-0.3, -0.25) is 0 Å². The van der Waals surface area contributed by atoms with E-state index in [9.17, 15) is 5.11 Å². The largest absolute Gasteiger partial charge is 0.395 e. The molecule has 17 heavy (non-hydrogen) atoms. The van der Waals surface area contributed by atoms with E-state index in [0.717, 1.165) is 34.4 Å². The molecule has 0 saturated heterocycles. The summed E-state index contributed by atoms with van der Waals surface area (Å²) >= 11 is 3.46. The summed E-state index contributed by atoms with van der Waals surface area (Å²) in [5.74, 6) is 0.912. The normalized spacial score (nSPS) is 17.1. The number of halogens is 1. The van der Waals surface area contributed by atoms with Crippen LogP contribution in [0.2, 0.25) is 0 Å². The van der Waals surface area contributed by atoms with Gasteiger partial charge in [0.05, 0.1) is 23.9 Å². The average Bonchev–Trinajstić information content (AvgIpc) is 2.99. The predicted octanol–water partition coefficient (Wildman–Crippen LogP) is 2.86. The van der Waals surface area contributed by atoms with Gasteiger partial charge < -0.3 is 10.1 Å². The van der Waals surface area contributed by atoms with Crippen molar-refractivity contribution in [2.24, 2.45) is 0 Å². The van der Waals surface area contributed by atoms with Crippen molar-refractivity contribution in [3.8, 4) is 11.3 Å². The Kier molecular flexibility index (Phi) is 2.56. The van der Waals surface area contributed by atoms with Crippen LogP contribution in [0.25, 0.3) is 11.3 Å². The third-order valence-electron chi connectivity index (χ3n) is 3.37. The Morgan fingerprint density at radius 1 is 1.41 bits per heavy atom. The van der Waals surface area contributed by atoms with Gasteiger partial charge in [0.15, 0.2) is 0 Å². The molecule has 1 saturated carbocycles. The summed E-state index contributed by atoms with van der Waals surface area (Å²) in [7, 11) is 0. The van der Waals surface area contributed by atoms with Crippen LogP contribution in [0.1, 0.15) is 18.7 Å². The highest BCUT2D eigenvalue weighted by atomic mass is 79.9. The third kappa shape index (κ3) is 1.91. The van der Waals surface area contributed by atoms with Crippen molar-refractivity contribution in [1.82, 2.24) is 9.97 Å². The molecule has 4 heteroatoms. The highest BCUT2D eigenvalue weighted by Crippen LogP contribution is 2.46. The molecule has 0 radical (unpaired) electrons. The number of imidazole rings is 1. The second-order valence-electron chi connectivity index (χ2n) is 4.59. The van der Waals surface area contributed by atoms with Crippen LogP contribution in [0, 0.1) is 0 Å². The summed E-state index contributed by atoms with van der Waals surface area (Å²) in [6, 6.07) is 8.09. The zero-order valence-electron chi connectivity index (χ0n) is 9.28. The number of aliphatic hydroxyl groups excluding tert-OH is 1. The first kappa shape index (κ1) is 11.0. The number of nitrogens with zero attached hydrogens (tertiary/aromatic N) is 1. The molecule has 0 unspecified atom stereocenters. The van der Waals surface area contributed by atoms with E-state index in [0.29, 0.717) is 0 Å². The van der Waals surface area contributed by atoms with Crippen LogP contribution >= 0.6 is 15.9 Å². The van der Waals surface area contributed by atoms with Crippen molar-refractivity contribution in [3.05, 3.63) is 40.8 Å². The minimum atomic E-state index is -0.0930. The van der Waals surface area contributed by atoms with Gasteiger partial charge in [0.1, 0.15) is 5.82 Å². The quantitative estimate of drug-likeness (QED) is 0.914. The summed E-state index contributed by atoms with van der Waals surface area (Å²) < 4.78 is 1.05. The standard InChI is InChI=1S/C13H13BrN2O/c14-10-3-1-2-9(6-10)11-7-15-12(16-11)13(8-17)4-5-13/h1-3,6-7,17H,4-5,8H2,(H,15,16). The first-order valence-corrected chi connectivity index (χ1v) is 6.45. The van der Waals surface area contributed by atoms with Crippen LogP contribution in [0.4, 0.5) is 0 Å². The average molecular weight is 293 g/mol. The maximum absolute atomic E-state index is 9.37. The van der Waals surface area contributed by atoms with Gasteiger partial charge in [-0.25, -0.2) is 4.98 Å². The molecule has 2 aromatic rings. The lowest BCUT2D eigenvalue weighted by Gasteiger charge is -2.06. The molecule has 1 aliphatic rings. The Morgan fingerprint density at radius 3 is 2.88 bits per heavy atom. The Hall–Kier alpha value is -1.13. The van der Waals surface area contributed by atoms with E-state index in [4.69, 9.17) is 0 Å². The van der Waals surface area contributed by atoms with Gasteiger partial charge in [0.2, 0.25) is 0 Å². The van der Waals surface area contributed by atoms with Crippen molar-refractivity contribution in [2.45, 2.75) is 18.3 Å². The molecule has 88 valence electrons. The van der Waals surface area contributed by atoms with Crippen LogP contribution < -0.4 is 0 Å². The summed E-state index contributed by atoms with van der Waals surface area (Å²) in [6.07, 6.45) is 3.89. The lowest BCUT2D eigenvalue weighted by atomic mass is 10.1. The number of hydrogen-bond acceptors (Lipinski definition) is 2. The van der Waals surface area contributed by atoms with Gasteiger partial charge in [-0.15, -0.1) is 0 Å². The van der Waals surface area contributed by atoms with E-state index in [-0.39, 0.29) is 12.0 Å². The number of H-pyrrole nitrogens is 1. The summed E-state index contributed by atoms with van der Waals surface area (Å²) in [5, 5.41) is 9.37. The van der Waals surface area contributed by atoms with Gasteiger partial charge in [-0.05, 0) is 25.0 Å². The number of aromatic amines is 1. The fourth-order valence-corrected chi connectivity index (χ4v) is 2.41. The van der Waals surface area contributed by atoms with Gasteiger partial charge in [0.25, 0.3) is 0 Å². The van der Waals surface area contributed by atoms with Crippen LogP contribution in [0.3, 0.4) is 0 Å². The van der Waals surface area contributed by atoms with Gasteiger partial charge in [-0.2, -0.15) is 0 Å². The van der Waals surface area contributed by atoms with Gasteiger partial charge in [-0.1, -0.05) is 28.1 Å². The van der Waals surface area contributed by atoms with Crippen molar-refractivity contribution in [2.75, 3.05) is 6.61 Å². The zero-order chi connectivity index (χ0) is 11.9. The van der Waals surface area contributed by atoms with E-state index in [1.54, 1.807) is 0 Å². The maximum atomic E-state index is 9.37. The molecule has 0 bridgehead atoms. The Bertz CT molecular complexity index is 546. The number of aromatic nitrogens is 2. The molecule has 0 spiro atoms. The van der Waals surface area contributed by atoms with E-state index >= 15 is 0 Å². The number of benzene rings is 1. The van der Waals surface area contributed by atoms with Crippen molar-refractivity contribution < 1.29 is 5.11 Å². The lowest BCUT2D eigenvalue weighted by Crippen LogP contribution is -2.13. The summed E-state index contributed by atoms with van der Waals surface area (Å²) in [4.78, 5) is 7.71. The smallest absolute Gasteiger partial charge is 0.115 e. The fourth-order valence-electron chi connectivity index (χ4n) is 2.01. The van der Waals surface area contributed by atoms with E-state index in [1.165, 1.54) is 0 Å². The number of rotatable bonds is 3. The molecule has 1 aliphatic carbocycles. The molecule has 1 heterocycles. The third-order valence-corrected chi connectivity index (χ3v) is 3.86. The van der Waals surface area contributed by atoms with Crippen LogP contribution in [-0.2, 0) is 5.41 Å². The number of nitrogens with one attached hydrogen (secondary N) is 1. The number of aliphatic hydroxyl groups is 1. The summed E-state index contributed by atoms with van der Waals surface area (Å²) in [5.41, 5.74) is 2.01. The Labute approximate surface area is 108 Å². The van der Waals surface area contributed by atoms with E-state index in [2.05, 4.69) is 32.0 Å². The molecule has 3 nitrogen and oxygen atoms in total. The second-order valence-corrected chi connectivity index (χ2v) is 5.51. The molecule has 0 amide bonds. The minimum absolute atomic E-state index is 0.0930. The lowest BCUT2D eigenvalue weighted by molar-refractivity contribution is 0.250. The van der Waals surface area contributed by atoms with Crippen LogP contribution in [0.15, 0.2) is 34.9 Å². The molecule has 3 rings (SSSR count). The van der Waals surface area contributed by atoms with Crippen LogP contribution in [0.5, 0.6) is 0 Å². The Morgan fingerprint density at radius 2 is 2.24 bits per heavy atom. The molecular formula is C13H13BrN2O. The van der Waals surface area contributed by atoms with Gasteiger partial charge >= 0.3 is 0 Å². The van der Waals surface area contributed by atoms with Crippen molar-refractivity contribution >= 4 is 15.9 Å². The molecule has 1 fully saturated rings. The van der Waals surface area contributed by atoms with E-state index < -0.39 is 0 Å². The number of hydrogen-bond donors (Lipinski definition) is 2. The SMILES string of the molecule is OCC1(c2ncc(-c3cccc(Br)c3)[nH]2)CC1. The second kappa shape index (κ2) is 3.96. The topological polar surface area (TPSA) is 48.9 Å². The van der Waals surface area contributed by atoms with E-state index in [1.807, 2.05) is 24.4 Å². The summed E-state index contributed by atoms with van der Waals surface area (Å²) in [6.45, 7) is 0.179. The molecule has 1 aromatic heterocycles. The predicted molar refractivity (Wildman–Crippen MR) is 69.7 cm³/mol. The highest BCUT2D eigenvalue weighted by molar-refractivity contribution is 9.10. The molecular weight excluding hydrogens is 280 g/mol. The van der Waals surface area contributed by atoms with Gasteiger partial charge in [0, 0.05) is 10.0 Å². The molecule has 0 atom stereocenters. The zero-order valence-corrected chi connectivity index (χ0v) is 10.9. The Balaban J connectivity index is 1.95. The van der Waals surface area contributed by atoms with Crippen LogP contribution in [-0.4, -0.2) is 21.7 Å².